The van der Waals surface area contributed by atoms with Crippen LogP contribution in [0, 0.1) is 0 Å². The molecular formula is C19H21N3O3S. The monoisotopic (exact) mass is 371 g/mol. The molecule has 26 heavy (non-hydrogen) atoms. The smallest absolute Gasteiger partial charge is 0.263 e. The minimum Gasteiger partial charge on any atom is -0.481 e. The molecule has 7 heteroatoms. The SMILES string of the molecule is CCc1ccccc1O[C@H](C)C(=O)N(C)Cc1nc(-c2cccs2)no1. The van der Waals surface area contributed by atoms with Crippen LogP contribution in [0.1, 0.15) is 25.3 Å². The Bertz CT molecular complexity index is 861. The Labute approximate surface area is 156 Å². The molecule has 6 nitrogen and oxygen atoms in total. The quantitative estimate of drug-likeness (QED) is 0.632. The second-order valence-electron chi connectivity index (χ2n) is 5.90. The largest absolute Gasteiger partial charge is 0.481 e. The molecule has 0 unspecified atom stereocenters. The van der Waals surface area contributed by atoms with Gasteiger partial charge in [-0.2, -0.15) is 4.98 Å². The van der Waals surface area contributed by atoms with Crippen LogP contribution in [0.5, 0.6) is 5.75 Å². The molecule has 1 amide bonds. The van der Waals surface area contributed by atoms with Gasteiger partial charge in [0.15, 0.2) is 6.10 Å². The fourth-order valence-electron chi connectivity index (χ4n) is 2.57. The number of benzene rings is 1. The van der Waals surface area contributed by atoms with Crippen LogP contribution < -0.4 is 4.74 Å². The summed E-state index contributed by atoms with van der Waals surface area (Å²) in [7, 11) is 1.70. The maximum absolute atomic E-state index is 12.6. The van der Waals surface area contributed by atoms with Gasteiger partial charge >= 0.3 is 0 Å². The number of aryl methyl sites for hydroxylation is 1. The standard InChI is InChI=1S/C19H21N3O3S/c1-4-14-8-5-6-9-15(14)24-13(2)19(23)22(3)12-17-20-18(21-25-17)16-10-7-11-26-16/h5-11,13H,4,12H2,1-3H3/t13-/m1/s1. The molecule has 0 radical (unpaired) electrons. The third-order valence-corrected chi connectivity index (χ3v) is 4.83. The average Bonchev–Trinajstić information content (AvgIpc) is 3.33. The Morgan fingerprint density at radius 1 is 1.31 bits per heavy atom. The van der Waals surface area contributed by atoms with E-state index in [-0.39, 0.29) is 12.5 Å². The molecule has 136 valence electrons. The lowest BCUT2D eigenvalue weighted by molar-refractivity contribution is -0.137. The second kappa shape index (κ2) is 8.14. The molecule has 0 aliphatic carbocycles. The van der Waals surface area contributed by atoms with E-state index in [0.717, 1.165) is 22.6 Å². The Morgan fingerprint density at radius 3 is 2.85 bits per heavy atom. The molecule has 1 aromatic carbocycles. The van der Waals surface area contributed by atoms with Crippen LogP contribution in [0.15, 0.2) is 46.3 Å². The summed E-state index contributed by atoms with van der Waals surface area (Å²) in [4.78, 5) is 19.4. The molecule has 0 aliphatic rings. The van der Waals surface area contributed by atoms with E-state index in [1.807, 2.05) is 41.8 Å². The lowest BCUT2D eigenvalue weighted by atomic mass is 10.1. The number of hydrogen-bond donors (Lipinski definition) is 0. The van der Waals surface area contributed by atoms with Crippen molar-refractivity contribution in [2.24, 2.45) is 0 Å². The van der Waals surface area contributed by atoms with E-state index in [2.05, 4.69) is 17.1 Å². The third-order valence-electron chi connectivity index (χ3n) is 3.96. The number of para-hydroxylation sites is 1. The number of nitrogens with zero attached hydrogens (tertiary/aromatic N) is 3. The van der Waals surface area contributed by atoms with Gasteiger partial charge in [-0.1, -0.05) is 36.3 Å². The number of carbonyl (C=O) groups excluding carboxylic acids is 1. The first-order valence-electron chi connectivity index (χ1n) is 8.44. The first kappa shape index (κ1) is 18.1. The summed E-state index contributed by atoms with van der Waals surface area (Å²) < 4.78 is 11.1. The normalized spacial score (nSPS) is 12.0. The zero-order valence-corrected chi connectivity index (χ0v) is 15.8. The topological polar surface area (TPSA) is 68.5 Å². The molecule has 1 atom stereocenters. The minimum atomic E-state index is -0.604. The van der Waals surface area contributed by atoms with Crippen molar-refractivity contribution in [1.29, 1.82) is 0 Å². The lowest BCUT2D eigenvalue weighted by Crippen LogP contribution is -2.37. The molecule has 0 N–H and O–H groups in total. The van der Waals surface area contributed by atoms with Crippen molar-refractivity contribution in [1.82, 2.24) is 15.0 Å². The number of ether oxygens (including phenoxy) is 1. The van der Waals surface area contributed by atoms with Crippen LogP contribution in [0.25, 0.3) is 10.7 Å². The number of likely N-dealkylation sites (N-methyl/N-ethyl adjacent to an activating group) is 1. The van der Waals surface area contributed by atoms with Crippen molar-refractivity contribution < 1.29 is 14.1 Å². The highest BCUT2D eigenvalue weighted by Gasteiger charge is 2.22. The van der Waals surface area contributed by atoms with Gasteiger partial charge in [-0.3, -0.25) is 4.79 Å². The highest BCUT2D eigenvalue weighted by molar-refractivity contribution is 7.13. The van der Waals surface area contributed by atoms with Crippen molar-refractivity contribution in [3.05, 3.63) is 53.2 Å². The summed E-state index contributed by atoms with van der Waals surface area (Å²) in [6.45, 7) is 4.04. The molecule has 0 fully saturated rings. The third kappa shape index (κ3) is 4.11. The molecule has 3 rings (SSSR count). The number of aromatic nitrogens is 2. The molecule has 2 heterocycles. The van der Waals surface area contributed by atoms with Crippen LogP contribution in [0.4, 0.5) is 0 Å². The molecule has 0 aliphatic heterocycles. The highest BCUT2D eigenvalue weighted by atomic mass is 32.1. The molecule has 0 bridgehead atoms. The van der Waals surface area contributed by atoms with Gasteiger partial charge in [0.05, 0.1) is 11.4 Å². The Balaban J connectivity index is 1.62. The Morgan fingerprint density at radius 2 is 2.12 bits per heavy atom. The molecule has 2 aromatic heterocycles. The van der Waals surface area contributed by atoms with Crippen LogP contribution >= 0.6 is 11.3 Å². The predicted molar refractivity (Wildman–Crippen MR) is 100.0 cm³/mol. The molecular weight excluding hydrogens is 350 g/mol. The highest BCUT2D eigenvalue weighted by Crippen LogP contribution is 2.22. The van der Waals surface area contributed by atoms with Crippen molar-refractivity contribution in [3.63, 3.8) is 0 Å². The lowest BCUT2D eigenvalue weighted by Gasteiger charge is -2.21. The van der Waals surface area contributed by atoms with Crippen LogP contribution in [0.2, 0.25) is 0 Å². The number of amides is 1. The zero-order valence-electron chi connectivity index (χ0n) is 15.0. The van der Waals surface area contributed by atoms with Crippen molar-refractivity contribution in [3.8, 4) is 16.5 Å². The van der Waals surface area contributed by atoms with Crippen molar-refractivity contribution in [2.45, 2.75) is 32.9 Å². The van der Waals surface area contributed by atoms with E-state index in [0.29, 0.717) is 11.7 Å². The van der Waals surface area contributed by atoms with E-state index >= 15 is 0 Å². The Kier molecular flexibility index (Phi) is 5.68. The van der Waals surface area contributed by atoms with E-state index in [1.54, 1.807) is 14.0 Å². The maximum Gasteiger partial charge on any atom is 0.263 e. The van der Waals surface area contributed by atoms with Gasteiger partial charge in [0, 0.05) is 7.05 Å². The van der Waals surface area contributed by atoms with Gasteiger partial charge in [-0.05, 0) is 36.4 Å². The summed E-state index contributed by atoms with van der Waals surface area (Å²) in [5.74, 6) is 1.52. The van der Waals surface area contributed by atoms with Crippen LogP contribution in [-0.4, -0.2) is 34.1 Å². The minimum absolute atomic E-state index is 0.147. The molecule has 3 aromatic rings. The van der Waals surface area contributed by atoms with Crippen LogP contribution in [0.3, 0.4) is 0 Å². The fourth-order valence-corrected chi connectivity index (χ4v) is 3.22. The zero-order chi connectivity index (χ0) is 18.5. The Hall–Kier alpha value is -2.67. The predicted octanol–water partition coefficient (Wildman–Crippen LogP) is 3.79. The summed E-state index contributed by atoms with van der Waals surface area (Å²) in [6, 6.07) is 11.6. The number of carbonyl (C=O) groups is 1. The number of rotatable bonds is 7. The van der Waals surface area contributed by atoms with Crippen molar-refractivity contribution >= 4 is 17.2 Å². The molecule has 0 saturated carbocycles. The van der Waals surface area contributed by atoms with Gasteiger partial charge in [-0.15, -0.1) is 11.3 Å². The summed E-state index contributed by atoms with van der Waals surface area (Å²) in [5.41, 5.74) is 1.08. The van der Waals surface area contributed by atoms with Gasteiger partial charge in [0.25, 0.3) is 5.91 Å². The summed E-state index contributed by atoms with van der Waals surface area (Å²) in [6.07, 6.45) is 0.243. The first-order valence-corrected chi connectivity index (χ1v) is 9.32. The van der Waals surface area contributed by atoms with Gasteiger partial charge in [0.2, 0.25) is 11.7 Å². The van der Waals surface area contributed by atoms with E-state index in [4.69, 9.17) is 9.26 Å². The summed E-state index contributed by atoms with van der Waals surface area (Å²) >= 11 is 1.54. The van der Waals surface area contributed by atoms with E-state index in [1.165, 1.54) is 16.2 Å². The number of hydrogen-bond acceptors (Lipinski definition) is 6. The maximum atomic E-state index is 12.6. The van der Waals surface area contributed by atoms with Crippen LogP contribution in [-0.2, 0) is 17.8 Å². The second-order valence-corrected chi connectivity index (χ2v) is 6.85. The van der Waals surface area contributed by atoms with Gasteiger partial charge < -0.3 is 14.2 Å². The fraction of sp³-hybridized carbons (Fsp3) is 0.316. The summed E-state index contributed by atoms with van der Waals surface area (Å²) in [5, 5.41) is 5.91. The number of thiophene rings is 1. The average molecular weight is 371 g/mol. The molecule has 0 spiro atoms. The van der Waals surface area contributed by atoms with E-state index < -0.39 is 6.10 Å². The van der Waals surface area contributed by atoms with Gasteiger partial charge in [0.1, 0.15) is 5.75 Å². The van der Waals surface area contributed by atoms with Gasteiger partial charge in [-0.25, -0.2) is 0 Å². The van der Waals surface area contributed by atoms with Crippen molar-refractivity contribution in [2.75, 3.05) is 7.05 Å². The molecule has 0 saturated heterocycles. The van der Waals surface area contributed by atoms with E-state index in [9.17, 15) is 4.79 Å². The first-order chi connectivity index (χ1) is 12.6.